The molecule has 0 aliphatic heterocycles. The Morgan fingerprint density at radius 3 is 2.39 bits per heavy atom. The summed E-state index contributed by atoms with van der Waals surface area (Å²) in [6.07, 6.45) is 2.63. The van der Waals surface area contributed by atoms with Gasteiger partial charge in [-0.05, 0) is 35.9 Å². The van der Waals surface area contributed by atoms with E-state index in [4.69, 9.17) is 9.84 Å². The maximum atomic E-state index is 13.5. The number of benzene rings is 2. The Bertz CT molecular complexity index is 752. The van der Waals surface area contributed by atoms with Gasteiger partial charge in [-0.2, -0.15) is 0 Å². The highest BCUT2D eigenvalue weighted by molar-refractivity contribution is 6.06. The summed E-state index contributed by atoms with van der Waals surface area (Å²) >= 11 is 0. The van der Waals surface area contributed by atoms with Gasteiger partial charge in [0.25, 0.3) is 0 Å². The molecule has 1 N–H and O–H groups in total. The number of aliphatic carboxylic acids is 1. The van der Waals surface area contributed by atoms with Gasteiger partial charge in [-0.1, -0.05) is 18.2 Å². The number of carbonyl (C=O) groups is 2. The molecule has 4 nitrogen and oxygen atoms in total. The summed E-state index contributed by atoms with van der Waals surface area (Å²) in [5.74, 6) is -2.97. The standard InChI is InChI=1S/C17H12F2O4/c18-12-4-7-14(15(19)9-12)16(20)8-3-11-1-5-13(6-2-11)23-10-17(21)22/h1-9H,10H2,(H,21,22)/b8-3+. The highest BCUT2D eigenvalue weighted by atomic mass is 19.1. The minimum atomic E-state index is -1.08. The number of ether oxygens (including phenoxy) is 1. The Labute approximate surface area is 130 Å². The van der Waals surface area contributed by atoms with Crippen LogP contribution >= 0.6 is 0 Å². The molecule has 0 aliphatic carbocycles. The zero-order valence-electron chi connectivity index (χ0n) is 11.8. The molecule has 6 heteroatoms. The van der Waals surface area contributed by atoms with Crippen molar-refractivity contribution in [2.24, 2.45) is 0 Å². The second-order valence-corrected chi connectivity index (χ2v) is 4.57. The van der Waals surface area contributed by atoms with Crippen molar-refractivity contribution in [3.63, 3.8) is 0 Å². The van der Waals surface area contributed by atoms with Gasteiger partial charge in [0.2, 0.25) is 0 Å². The van der Waals surface area contributed by atoms with E-state index in [9.17, 15) is 18.4 Å². The third kappa shape index (κ3) is 4.74. The number of carbonyl (C=O) groups excluding carboxylic acids is 1. The number of carboxylic acid groups (broad SMARTS) is 1. The van der Waals surface area contributed by atoms with Gasteiger partial charge in [0.1, 0.15) is 17.4 Å². The zero-order chi connectivity index (χ0) is 16.8. The molecule has 2 rings (SSSR count). The van der Waals surface area contributed by atoms with E-state index in [1.165, 1.54) is 12.2 Å². The third-order valence-electron chi connectivity index (χ3n) is 2.87. The van der Waals surface area contributed by atoms with Crippen LogP contribution in [0.4, 0.5) is 8.78 Å². The molecule has 2 aromatic carbocycles. The number of hydrogen-bond donors (Lipinski definition) is 1. The summed E-state index contributed by atoms with van der Waals surface area (Å²) in [6.45, 7) is -0.447. The van der Waals surface area contributed by atoms with Gasteiger partial charge < -0.3 is 9.84 Å². The second kappa shape index (κ2) is 7.31. The van der Waals surface area contributed by atoms with Crippen molar-refractivity contribution in [3.05, 3.63) is 71.3 Å². The predicted molar refractivity (Wildman–Crippen MR) is 79.3 cm³/mol. The molecule has 0 aliphatic rings. The molecule has 118 valence electrons. The molecule has 23 heavy (non-hydrogen) atoms. The van der Waals surface area contributed by atoms with E-state index in [1.807, 2.05) is 0 Å². The molecule has 0 saturated carbocycles. The normalized spacial score (nSPS) is 10.7. The van der Waals surface area contributed by atoms with Crippen LogP contribution in [0.3, 0.4) is 0 Å². The quantitative estimate of drug-likeness (QED) is 0.655. The van der Waals surface area contributed by atoms with Crippen LogP contribution in [-0.4, -0.2) is 23.5 Å². The van der Waals surface area contributed by atoms with E-state index in [2.05, 4.69) is 0 Å². The largest absolute Gasteiger partial charge is 0.482 e. The Kier molecular flexibility index (Phi) is 5.19. The lowest BCUT2D eigenvalue weighted by molar-refractivity contribution is -0.139. The van der Waals surface area contributed by atoms with Crippen molar-refractivity contribution < 1.29 is 28.2 Å². The summed E-state index contributed by atoms with van der Waals surface area (Å²) in [4.78, 5) is 22.2. The highest BCUT2D eigenvalue weighted by Crippen LogP contribution is 2.15. The van der Waals surface area contributed by atoms with Gasteiger partial charge in [-0.25, -0.2) is 13.6 Å². The Hall–Kier alpha value is -3.02. The molecule has 0 atom stereocenters. The number of halogens is 2. The van der Waals surface area contributed by atoms with Crippen LogP contribution < -0.4 is 4.74 Å². The maximum Gasteiger partial charge on any atom is 0.341 e. The van der Waals surface area contributed by atoms with E-state index < -0.39 is 30.0 Å². The minimum Gasteiger partial charge on any atom is -0.482 e. The fraction of sp³-hybridized carbons (Fsp3) is 0.0588. The van der Waals surface area contributed by atoms with E-state index in [0.717, 1.165) is 12.1 Å². The van der Waals surface area contributed by atoms with Crippen LogP contribution in [0.15, 0.2) is 48.5 Å². The fourth-order valence-corrected chi connectivity index (χ4v) is 1.77. The first-order valence-corrected chi connectivity index (χ1v) is 6.58. The van der Waals surface area contributed by atoms with Crippen molar-refractivity contribution in [2.45, 2.75) is 0 Å². The number of rotatable bonds is 6. The van der Waals surface area contributed by atoms with Crippen molar-refractivity contribution in [2.75, 3.05) is 6.61 Å². The summed E-state index contributed by atoms with van der Waals surface area (Å²) in [5.41, 5.74) is 0.424. The SMILES string of the molecule is O=C(O)COc1ccc(/C=C/C(=O)c2ccc(F)cc2F)cc1. The van der Waals surface area contributed by atoms with Crippen LogP contribution in [0.2, 0.25) is 0 Å². The molecule has 0 unspecified atom stereocenters. The molecule has 0 fully saturated rings. The molecular formula is C17H12F2O4. The predicted octanol–water partition coefficient (Wildman–Crippen LogP) is 3.32. The summed E-state index contributed by atoms with van der Waals surface area (Å²) in [5, 5.41) is 8.49. The van der Waals surface area contributed by atoms with E-state index in [1.54, 1.807) is 24.3 Å². The summed E-state index contributed by atoms with van der Waals surface area (Å²) in [6, 6.07) is 9.07. The third-order valence-corrected chi connectivity index (χ3v) is 2.87. The van der Waals surface area contributed by atoms with Gasteiger partial charge in [-0.3, -0.25) is 4.79 Å². The van der Waals surface area contributed by atoms with Crippen LogP contribution in [-0.2, 0) is 4.79 Å². The van der Waals surface area contributed by atoms with Crippen molar-refractivity contribution >= 4 is 17.8 Å². The smallest absolute Gasteiger partial charge is 0.341 e. The Morgan fingerprint density at radius 2 is 1.78 bits per heavy atom. The average molecular weight is 318 g/mol. The Morgan fingerprint density at radius 1 is 1.09 bits per heavy atom. The van der Waals surface area contributed by atoms with Crippen molar-refractivity contribution in [3.8, 4) is 5.75 Å². The molecular weight excluding hydrogens is 306 g/mol. The van der Waals surface area contributed by atoms with Crippen LogP contribution in [0.25, 0.3) is 6.08 Å². The van der Waals surface area contributed by atoms with Crippen LogP contribution in [0, 0.1) is 11.6 Å². The molecule has 0 bridgehead atoms. The van der Waals surface area contributed by atoms with Gasteiger partial charge in [0.05, 0.1) is 5.56 Å². The van der Waals surface area contributed by atoms with Crippen LogP contribution in [0.1, 0.15) is 15.9 Å². The van der Waals surface area contributed by atoms with Crippen molar-refractivity contribution in [1.82, 2.24) is 0 Å². The number of carboxylic acids is 1. The van der Waals surface area contributed by atoms with E-state index >= 15 is 0 Å². The lowest BCUT2D eigenvalue weighted by atomic mass is 10.1. The lowest BCUT2D eigenvalue weighted by Gasteiger charge is -2.03. The second-order valence-electron chi connectivity index (χ2n) is 4.57. The average Bonchev–Trinajstić information content (AvgIpc) is 2.51. The molecule has 0 spiro atoms. The van der Waals surface area contributed by atoms with Gasteiger partial charge in [0, 0.05) is 6.07 Å². The maximum absolute atomic E-state index is 13.5. The first-order chi connectivity index (χ1) is 11.0. The Balaban J connectivity index is 2.04. The molecule has 0 aromatic heterocycles. The first kappa shape index (κ1) is 16.4. The number of ketones is 1. The topological polar surface area (TPSA) is 63.6 Å². The van der Waals surface area contributed by atoms with Crippen LogP contribution in [0.5, 0.6) is 5.75 Å². The zero-order valence-corrected chi connectivity index (χ0v) is 11.8. The lowest BCUT2D eigenvalue weighted by Crippen LogP contribution is -2.09. The van der Waals surface area contributed by atoms with Gasteiger partial charge in [-0.15, -0.1) is 0 Å². The van der Waals surface area contributed by atoms with E-state index in [0.29, 0.717) is 17.4 Å². The number of allylic oxidation sites excluding steroid dienone is 1. The summed E-state index contributed by atoms with van der Waals surface area (Å²) in [7, 11) is 0. The first-order valence-electron chi connectivity index (χ1n) is 6.58. The summed E-state index contributed by atoms with van der Waals surface area (Å²) < 4.78 is 31.2. The van der Waals surface area contributed by atoms with Gasteiger partial charge >= 0.3 is 5.97 Å². The molecule has 2 aromatic rings. The van der Waals surface area contributed by atoms with Crippen molar-refractivity contribution in [1.29, 1.82) is 0 Å². The monoisotopic (exact) mass is 318 g/mol. The minimum absolute atomic E-state index is 0.218. The molecule has 0 amide bonds. The molecule has 0 heterocycles. The molecule has 0 radical (unpaired) electrons. The van der Waals surface area contributed by atoms with E-state index in [-0.39, 0.29) is 5.56 Å². The number of hydrogen-bond acceptors (Lipinski definition) is 3. The fourth-order valence-electron chi connectivity index (χ4n) is 1.77. The van der Waals surface area contributed by atoms with Gasteiger partial charge in [0.15, 0.2) is 12.4 Å². The highest BCUT2D eigenvalue weighted by Gasteiger charge is 2.09. The molecule has 0 saturated heterocycles.